The monoisotopic (exact) mass is 538 g/mol. The summed E-state index contributed by atoms with van der Waals surface area (Å²) in [5.41, 5.74) is 2.53. The second kappa shape index (κ2) is 12.5. The Bertz CT molecular complexity index is 859. The molecule has 0 aromatic heterocycles. The molecular weight excluding hydrogens is 503 g/mol. The van der Waals surface area contributed by atoms with Crippen molar-refractivity contribution in [2.24, 2.45) is 4.99 Å². The second-order valence-corrected chi connectivity index (χ2v) is 8.27. The van der Waals surface area contributed by atoms with E-state index in [1.54, 1.807) is 19.0 Å². The Kier molecular flexibility index (Phi) is 10.8. The van der Waals surface area contributed by atoms with Crippen molar-refractivity contribution in [2.75, 3.05) is 20.6 Å². The number of carbonyl (C=O) groups excluding carboxylic acids is 1. The summed E-state index contributed by atoms with van der Waals surface area (Å²) in [4.78, 5) is 18.3. The van der Waals surface area contributed by atoms with Crippen LogP contribution in [0.4, 0.5) is 0 Å². The number of nitrogens with one attached hydrogen (secondary N) is 2. The van der Waals surface area contributed by atoms with Gasteiger partial charge in [-0.2, -0.15) is 0 Å². The minimum Gasteiger partial charge on any atom is -0.488 e. The lowest BCUT2D eigenvalue weighted by Gasteiger charge is -2.23. The largest absolute Gasteiger partial charge is 0.488 e. The van der Waals surface area contributed by atoms with Gasteiger partial charge in [-0.3, -0.25) is 4.79 Å². The fourth-order valence-electron chi connectivity index (χ4n) is 2.78. The molecule has 31 heavy (non-hydrogen) atoms. The summed E-state index contributed by atoms with van der Waals surface area (Å²) >= 11 is 0. The fraction of sp³-hybridized carbons (Fsp3) is 0.417. The molecular formula is C24H35IN4O2. The van der Waals surface area contributed by atoms with Crippen molar-refractivity contribution < 1.29 is 9.53 Å². The predicted molar refractivity (Wildman–Crippen MR) is 138 cm³/mol. The SMILES string of the molecule is CCNC(=NCc1ccc(C(=O)N(C)C)cc1)NCc1ccccc1OC(C)(C)C.I. The number of ether oxygens (including phenoxy) is 1. The number of amides is 1. The minimum absolute atomic E-state index is 0. The van der Waals surface area contributed by atoms with Gasteiger partial charge in [0.1, 0.15) is 11.4 Å². The van der Waals surface area contributed by atoms with E-state index >= 15 is 0 Å². The first-order valence-corrected chi connectivity index (χ1v) is 10.3. The highest BCUT2D eigenvalue weighted by Crippen LogP contribution is 2.22. The second-order valence-electron chi connectivity index (χ2n) is 8.27. The Morgan fingerprint density at radius 2 is 1.68 bits per heavy atom. The molecule has 0 aliphatic heterocycles. The van der Waals surface area contributed by atoms with Gasteiger partial charge in [0.15, 0.2) is 5.96 Å². The van der Waals surface area contributed by atoms with Crippen LogP contribution in [0.5, 0.6) is 5.75 Å². The lowest BCUT2D eigenvalue weighted by molar-refractivity contribution is 0.0827. The number of guanidine groups is 1. The highest BCUT2D eigenvalue weighted by molar-refractivity contribution is 14.0. The third-order valence-corrected chi connectivity index (χ3v) is 4.21. The summed E-state index contributed by atoms with van der Waals surface area (Å²) in [5.74, 6) is 1.60. The summed E-state index contributed by atoms with van der Waals surface area (Å²) in [6.07, 6.45) is 0. The Balaban J connectivity index is 0.00000480. The first-order chi connectivity index (χ1) is 14.2. The maximum atomic E-state index is 12.0. The maximum absolute atomic E-state index is 12.0. The average Bonchev–Trinajstić information content (AvgIpc) is 2.69. The molecule has 1 amide bonds. The topological polar surface area (TPSA) is 66.0 Å². The average molecular weight is 538 g/mol. The minimum atomic E-state index is -0.255. The quantitative estimate of drug-likeness (QED) is 0.311. The molecule has 0 saturated heterocycles. The zero-order valence-electron chi connectivity index (χ0n) is 19.4. The van der Waals surface area contributed by atoms with E-state index in [4.69, 9.17) is 4.74 Å². The molecule has 2 N–H and O–H groups in total. The van der Waals surface area contributed by atoms with Gasteiger partial charge in [-0.05, 0) is 51.5 Å². The predicted octanol–water partition coefficient (Wildman–Crippen LogP) is 4.44. The molecule has 0 heterocycles. The van der Waals surface area contributed by atoms with Crippen molar-refractivity contribution in [1.82, 2.24) is 15.5 Å². The standard InChI is InChI=1S/C24H34N4O2.HI/c1-7-25-23(26-16-18-12-14-19(15-13-18)22(29)28(5)6)27-17-20-10-8-9-11-21(20)30-24(2,3)4;/h8-15H,7,16-17H2,1-6H3,(H2,25,26,27);1H. The number of hydrogen-bond acceptors (Lipinski definition) is 3. The number of para-hydroxylation sites is 1. The van der Waals surface area contributed by atoms with Crippen LogP contribution in [0.2, 0.25) is 0 Å². The van der Waals surface area contributed by atoms with Crippen molar-refractivity contribution in [3.8, 4) is 5.75 Å². The Morgan fingerprint density at radius 3 is 2.26 bits per heavy atom. The van der Waals surface area contributed by atoms with Crippen LogP contribution in [0.15, 0.2) is 53.5 Å². The van der Waals surface area contributed by atoms with Crippen LogP contribution >= 0.6 is 24.0 Å². The number of hydrogen-bond donors (Lipinski definition) is 2. The van der Waals surface area contributed by atoms with Crippen molar-refractivity contribution >= 4 is 35.8 Å². The molecule has 2 aromatic carbocycles. The van der Waals surface area contributed by atoms with Crippen LogP contribution in [0.1, 0.15) is 49.2 Å². The van der Waals surface area contributed by atoms with Gasteiger partial charge in [0.05, 0.1) is 6.54 Å². The fourth-order valence-corrected chi connectivity index (χ4v) is 2.78. The summed E-state index contributed by atoms with van der Waals surface area (Å²) in [6, 6.07) is 15.6. The molecule has 0 spiro atoms. The van der Waals surface area contributed by atoms with Crippen LogP contribution in [0, 0.1) is 0 Å². The van der Waals surface area contributed by atoms with Gasteiger partial charge in [0.25, 0.3) is 5.91 Å². The number of halogens is 1. The van der Waals surface area contributed by atoms with E-state index in [1.807, 2.05) is 70.2 Å². The molecule has 170 valence electrons. The third-order valence-electron chi connectivity index (χ3n) is 4.21. The lowest BCUT2D eigenvalue weighted by atomic mass is 10.1. The normalized spacial score (nSPS) is 11.4. The molecule has 0 bridgehead atoms. The van der Waals surface area contributed by atoms with Crippen LogP contribution in [0.3, 0.4) is 0 Å². The van der Waals surface area contributed by atoms with E-state index in [2.05, 4.69) is 21.7 Å². The molecule has 0 unspecified atom stereocenters. The molecule has 0 atom stereocenters. The summed E-state index contributed by atoms with van der Waals surface area (Å²) in [7, 11) is 3.50. The van der Waals surface area contributed by atoms with Crippen molar-refractivity contribution in [3.05, 3.63) is 65.2 Å². The third kappa shape index (κ3) is 9.16. The van der Waals surface area contributed by atoms with E-state index in [0.717, 1.165) is 29.4 Å². The number of carbonyl (C=O) groups is 1. The summed E-state index contributed by atoms with van der Waals surface area (Å²) < 4.78 is 6.07. The molecule has 6 nitrogen and oxygen atoms in total. The zero-order valence-corrected chi connectivity index (χ0v) is 21.7. The molecule has 0 fully saturated rings. The number of rotatable bonds is 7. The number of nitrogens with zero attached hydrogens (tertiary/aromatic N) is 2. The highest BCUT2D eigenvalue weighted by atomic mass is 127. The van der Waals surface area contributed by atoms with Crippen LogP contribution in [-0.4, -0.2) is 43.0 Å². The molecule has 2 aromatic rings. The summed E-state index contributed by atoms with van der Waals surface area (Å²) in [6.45, 7) is 10.1. The van der Waals surface area contributed by atoms with E-state index in [9.17, 15) is 4.79 Å². The molecule has 0 saturated carbocycles. The Morgan fingerprint density at radius 1 is 1.03 bits per heavy atom. The van der Waals surface area contributed by atoms with Gasteiger partial charge in [0, 0.05) is 38.3 Å². The van der Waals surface area contributed by atoms with Crippen LogP contribution < -0.4 is 15.4 Å². The molecule has 0 radical (unpaired) electrons. The first-order valence-electron chi connectivity index (χ1n) is 10.3. The van der Waals surface area contributed by atoms with E-state index < -0.39 is 0 Å². The number of aliphatic imine (C=N–C) groups is 1. The van der Waals surface area contributed by atoms with E-state index in [0.29, 0.717) is 18.7 Å². The van der Waals surface area contributed by atoms with E-state index in [-0.39, 0.29) is 35.5 Å². The summed E-state index contributed by atoms with van der Waals surface area (Å²) in [5, 5.41) is 6.65. The van der Waals surface area contributed by atoms with Gasteiger partial charge in [-0.1, -0.05) is 30.3 Å². The van der Waals surface area contributed by atoms with Crippen LogP contribution in [-0.2, 0) is 13.1 Å². The van der Waals surface area contributed by atoms with Crippen LogP contribution in [0.25, 0.3) is 0 Å². The smallest absolute Gasteiger partial charge is 0.253 e. The van der Waals surface area contributed by atoms with Gasteiger partial charge < -0.3 is 20.3 Å². The number of benzene rings is 2. The Hall–Kier alpha value is -2.29. The molecule has 0 aliphatic rings. The lowest BCUT2D eigenvalue weighted by Crippen LogP contribution is -2.37. The van der Waals surface area contributed by atoms with Crippen molar-refractivity contribution in [1.29, 1.82) is 0 Å². The molecule has 2 rings (SSSR count). The maximum Gasteiger partial charge on any atom is 0.253 e. The van der Waals surface area contributed by atoms with Gasteiger partial charge in [-0.25, -0.2) is 4.99 Å². The Labute approximate surface area is 203 Å². The van der Waals surface area contributed by atoms with Gasteiger partial charge >= 0.3 is 0 Å². The first kappa shape index (κ1) is 26.7. The van der Waals surface area contributed by atoms with Gasteiger partial charge in [-0.15, -0.1) is 24.0 Å². The van der Waals surface area contributed by atoms with Crippen molar-refractivity contribution in [2.45, 2.75) is 46.4 Å². The van der Waals surface area contributed by atoms with E-state index in [1.165, 1.54) is 0 Å². The molecule has 0 aliphatic carbocycles. The van der Waals surface area contributed by atoms with Gasteiger partial charge in [0.2, 0.25) is 0 Å². The zero-order chi connectivity index (χ0) is 22.1. The van der Waals surface area contributed by atoms with Crippen molar-refractivity contribution in [3.63, 3.8) is 0 Å². The molecule has 7 heteroatoms. The highest BCUT2D eigenvalue weighted by Gasteiger charge is 2.14.